The summed E-state index contributed by atoms with van der Waals surface area (Å²) < 4.78 is 2.39. The molecule has 0 bridgehead atoms. The number of nitrogens with one attached hydrogen (secondary N) is 1. The SMILES string of the molecule is CCCn1cncc1-c1ncc(Br)c(=O)[nH]1. The lowest BCUT2D eigenvalue weighted by Crippen LogP contribution is -2.10. The molecule has 0 amide bonds. The third-order valence-corrected chi connectivity index (χ3v) is 2.74. The van der Waals surface area contributed by atoms with E-state index in [1.165, 1.54) is 6.20 Å². The molecule has 2 heterocycles. The Morgan fingerprint density at radius 2 is 2.31 bits per heavy atom. The van der Waals surface area contributed by atoms with E-state index in [4.69, 9.17) is 0 Å². The predicted molar refractivity (Wildman–Crippen MR) is 64.1 cm³/mol. The number of nitrogens with zero attached hydrogens (tertiary/aromatic N) is 3. The van der Waals surface area contributed by atoms with E-state index in [1.54, 1.807) is 12.5 Å². The Morgan fingerprint density at radius 1 is 1.50 bits per heavy atom. The van der Waals surface area contributed by atoms with E-state index >= 15 is 0 Å². The Bertz CT molecular complexity index is 546. The largest absolute Gasteiger partial charge is 0.328 e. The number of aryl methyl sites for hydroxylation is 1. The summed E-state index contributed by atoms with van der Waals surface area (Å²) >= 11 is 3.11. The van der Waals surface area contributed by atoms with E-state index in [9.17, 15) is 4.79 Å². The number of H-pyrrole nitrogens is 1. The van der Waals surface area contributed by atoms with Crippen LogP contribution in [-0.4, -0.2) is 19.5 Å². The molecule has 2 rings (SSSR count). The van der Waals surface area contributed by atoms with Crippen LogP contribution in [0.2, 0.25) is 0 Å². The summed E-state index contributed by atoms with van der Waals surface area (Å²) in [4.78, 5) is 22.4. The van der Waals surface area contributed by atoms with Crippen molar-refractivity contribution in [3.63, 3.8) is 0 Å². The number of imidazole rings is 1. The molecule has 0 aliphatic carbocycles. The summed E-state index contributed by atoms with van der Waals surface area (Å²) in [5.74, 6) is 0.541. The highest BCUT2D eigenvalue weighted by molar-refractivity contribution is 9.10. The molecule has 0 aliphatic heterocycles. The van der Waals surface area contributed by atoms with Crippen LogP contribution in [0.3, 0.4) is 0 Å². The first-order valence-corrected chi connectivity index (χ1v) is 5.77. The number of rotatable bonds is 3. The molecule has 0 spiro atoms. The van der Waals surface area contributed by atoms with Gasteiger partial charge in [-0.1, -0.05) is 6.92 Å². The van der Waals surface area contributed by atoms with Gasteiger partial charge in [0.2, 0.25) is 0 Å². The zero-order valence-corrected chi connectivity index (χ0v) is 10.4. The predicted octanol–water partition coefficient (Wildman–Crippen LogP) is 1.81. The first-order valence-electron chi connectivity index (χ1n) is 4.97. The molecule has 84 valence electrons. The standard InChI is InChI=1S/C10H11BrN4O/c1-2-3-15-6-12-5-8(15)9-13-4-7(11)10(16)14-9/h4-6H,2-3H2,1H3,(H,13,14,16). The molecule has 0 saturated carbocycles. The van der Waals surface area contributed by atoms with E-state index < -0.39 is 0 Å². The molecule has 6 heteroatoms. The van der Waals surface area contributed by atoms with Gasteiger partial charge in [0.15, 0.2) is 5.82 Å². The molecule has 16 heavy (non-hydrogen) atoms. The van der Waals surface area contributed by atoms with Gasteiger partial charge in [-0.25, -0.2) is 9.97 Å². The summed E-state index contributed by atoms with van der Waals surface area (Å²) in [6, 6.07) is 0. The summed E-state index contributed by atoms with van der Waals surface area (Å²) in [6.07, 6.45) is 5.93. The summed E-state index contributed by atoms with van der Waals surface area (Å²) in [7, 11) is 0. The fourth-order valence-electron chi connectivity index (χ4n) is 1.45. The number of aromatic amines is 1. The minimum Gasteiger partial charge on any atom is -0.328 e. The van der Waals surface area contributed by atoms with Crippen molar-refractivity contribution in [3.8, 4) is 11.5 Å². The Morgan fingerprint density at radius 3 is 3.00 bits per heavy atom. The van der Waals surface area contributed by atoms with Gasteiger partial charge < -0.3 is 9.55 Å². The van der Waals surface area contributed by atoms with Crippen LogP contribution in [0.15, 0.2) is 28.0 Å². The van der Waals surface area contributed by atoms with Crippen LogP contribution < -0.4 is 5.56 Å². The molecular weight excluding hydrogens is 272 g/mol. The average Bonchev–Trinajstić information content (AvgIpc) is 2.71. The van der Waals surface area contributed by atoms with Gasteiger partial charge in [-0.05, 0) is 22.4 Å². The van der Waals surface area contributed by atoms with Crippen LogP contribution in [0.25, 0.3) is 11.5 Å². The van der Waals surface area contributed by atoms with Gasteiger partial charge in [0.25, 0.3) is 5.56 Å². The minimum absolute atomic E-state index is 0.186. The molecule has 0 radical (unpaired) electrons. The topological polar surface area (TPSA) is 63.6 Å². The molecule has 5 nitrogen and oxygen atoms in total. The fourth-order valence-corrected chi connectivity index (χ4v) is 1.65. The summed E-state index contributed by atoms with van der Waals surface area (Å²) in [5, 5.41) is 0. The van der Waals surface area contributed by atoms with E-state index in [1.807, 2.05) is 4.57 Å². The third-order valence-electron chi connectivity index (χ3n) is 2.18. The van der Waals surface area contributed by atoms with Crippen molar-refractivity contribution in [1.82, 2.24) is 19.5 Å². The molecule has 0 saturated heterocycles. The smallest absolute Gasteiger partial charge is 0.265 e. The van der Waals surface area contributed by atoms with Crippen molar-refractivity contribution in [2.75, 3.05) is 0 Å². The number of aromatic nitrogens is 4. The summed E-state index contributed by atoms with van der Waals surface area (Å²) in [5.41, 5.74) is 0.640. The van der Waals surface area contributed by atoms with Gasteiger partial charge in [0, 0.05) is 12.7 Å². The Labute approximate surface area is 101 Å². The third kappa shape index (κ3) is 2.06. The number of hydrogen-bond acceptors (Lipinski definition) is 3. The van der Waals surface area contributed by atoms with Crippen molar-refractivity contribution >= 4 is 15.9 Å². The second kappa shape index (κ2) is 4.61. The maximum Gasteiger partial charge on any atom is 0.265 e. The first-order chi connectivity index (χ1) is 7.72. The van der Waals surface area contributed by atoms with Crippen LogP contribution in [-0.2, 0) is 6.54 Å². The quantitative estimate of drug-likeness (QED) is 0.934. The van der Waals surface area contributed by atoms with E-state index in [0.717, 1.165) is 18.7 Å². The van der Waals surface area contributed by atoms with Crippen LogP contribution in [0.1, 0.15) is 13.3 Å². The van der Waals surface area contributed by atoms with Gasteiger partial charge >= 0.3 is 0 Å². The summed E-state index contributed by atoms with van der Waals surface area (Å²) in [6.45, 7) is 2.94. The van der Waals surface area contributed by atoms with Crippen molar-refractivity contribution in [2.45, 2.75) is 19.9 Å². The van der Waals surface area contributed by atoms with E-state index in [0.29, 0.717) is 10.3 Å². The second-order valence-electron chi connectivity index (χ2n) is 3.38. The van der Waals surface area contributed by atoms with Crippen LogP contribution in [0, 0.1) is 0 Å². The van der Waals surface area contributed by atoms with Crippen LogP contribution >= 0.6 is 15.9 Å². The average molecular weight is 283 g/mol. The van der Waals surface area contributed by atoms with E-state index in [2.05, 4.69) is 37.8 Å². The first kappa shape index (κ1) is 11.1. The lowest BCUT2D eigenvalue weighted by molar-refractivity contribution is 0.681. The van der Waals surface area contributed by atoms with Gasteiger partial charge in [-0.15, -0.1) is 0 Å². The Kier molecular flexibility index (Phi) is 3.19. The highest BCUT2D eigenvalue weighted by atomic mass is 79.9. The number of halogens is 1. The zero-order chi connectivity index (χ0) is 11.5. The van der Waals surface area contributed by atoms with Gasteiger partial charge in [0.05, 0.1) is 12.5 Å². The zero-order valence-electron chi connectivity index (χ0n) is 8.77. The molecule has 0 fully saturated rings. The van der Waals surface area contributed by atoms with Crippen molar-refractivity contribution < 1.29 is 0 Å². The minimum atomic E-state index is -0.186. The molecule has 2 aromatic rings. The lowest BCUT2D eigenvalue weighted by atomic mass is 10.4. The van der Waals surface area contributed by atoms with Crippen molar-refractivity contribution in [2.24, 2.45) is 0 Å². The second-order valence-corrected chi connectivity index (χ2v) is 4.24. The molecule has 0 aromatic carbocycles. The molecular formula is C10H11BrN4O. The normalized spacial score (nSPS) is 10.6. The monoisotopic (exact) mass is 282 g/mol. The highest BCUT2D eigenvalue weighted by Gasteiger charge is 2.07. The van der Waals surface area contributed by atoms with Crippen molar-refractivity contribution in [1.29, 1.82) is 0 Å². The molecule has 0 atom stereocenters. The number of hydrogen-bond donors (Lipinski definition) is 1. The van der Waals surface area contributed by atoms with Crippen LogP contribution in [0.5, 0.6) is 0 Å². The lowest BCUT2D eigenvalue weighted by Gasteiger charge is -2.05. The van der Waals surface area contributed by atoms with Gasteiger partial charge in [0.1, 0.15) is 10.2 Å². The van der Waals surface area contributed by atoms with Gasteiger partial charge in [-0.2, -0.15) is 0 Å². The molecule has 2 aromatic heterocycles. The Hall–Kier alpha value is -1.43. The van der Waals surface area contributed by atoms with Gasteiger partial charge in [-0.3, -0.25) is 4.79 Å². The molecule has 0 unspecified atom stereocenters. The molecule has 1 N–H and O–H groups in total. The highest BCUT2D eigenvalue weighted by Crippen LogP contribution is 2.13. The van der Waals surface area contributed by atoms with Crippen molar-refractivity contribution in [3.05, 3.63) is 33.5 Å². The van der Waals surface area contributed by atoms with E-state index in [-0.39, 0.29) is 5.56 Å². The van der Waals surface area contributed by atoms with Crippen LogP contribution in [0.4, 0.5) is 0 Å². The maximum atomic E-state index is 11.4. The molecule has 0 aliphatic rings. The fraction of sp³-hybridized carbons (Fsp3) is 0.300. The Balaban J connectivity index is 2.46. The maximum absolute atomic E-state index is 11.4.